The number of piperidine rings is 1. The zero-order valence-corrected chi connectivity index (χ0v) is 14.1. The molecule has 3 rings (SSSR count). The summed E-state index contributed by atoms with van der Waals surface area (Å²) in [5, 5.41) is 15.2. The molecule has 1 amide bonds. The number of aromatic nitrogens is 5. The number of amides is 1. The fraction of sp³-hybridized carbons (Fsp3) is 0.500. The number of hydrogen-bond donors (Lipinski definition) is 1. The van der Waals surface area contributed by atoms with Gasteiger partial charge in [0.15, 0.2) is 5.82 Å². The molecule has 0 saturated carbocycles. The maximum Gasteiger partial charge on any atom is 0.246 e. The molecule has 24 heavy (non-hydrogen) atoms. The maximum absolute atomic E-state index is 12.4. The third-order valence-electron chi connectivity index (χ3n) is 4.21. The van der Waals surface area contributed by atoms with Gasteiger partial charge in [-0.05, 0) is 24.8 Å². The highest BCUT2D eigenvalue weighted by atomic mass is 16.2. The van der Waals surface area contributed by atoms with Crippen molar-refractivity contribution in [2.24, 2.45) is 13.0 Å². The van der Waals surface area contributed by atoms with E-state index in [4.69, 9.17) is 0 Å². The molecule has 1 saturated heterocycles. The van der Waals surface area contributed by atoms with Gasteiger partial charge in [-0.2, -0.15) is 5.10 Å². The molecule has 128 valence electrons. The van der Waals surface area contributed by atoms with Crippen LogP contribution in [0.3, 0.4) is 0 Å². The van der Waals surface area contributed by atoms with Crippen LogP contribution in [-0.2, 0) is 18.4 Å². The predicted octanol–water partition coefficient (Wildman–Crippen LogP) is 1.01. The number of aryl methyl sites for hydroxylation is 1. The van der Waals surface area contributed by atoms with Gasteiger partial charge in [-0.15, -0.1) is 5.10 Å². The molecule has 1 N–H and O–H groups in total. The molecule has 0 aliphatic carbocycles. The fourth-order valence-electron chi connectivity index (χ4n) is 2.98. The highest BCUT2D eigenvalue weighted by Gasteiger charge is 2.23. The van der Waals surface area contributed by atoms with Crippen LogP contribution < -0.4 is 5.32 Å². The molecule has 2 aromatic rings. The molecule has 1 unspecified atom stereocenters. The van der Waals surface area contributed by atoms with E-state index in [0.29, 0.717) is 5.92 Å². The SMILES string of the molecule is CNc1cn(CC2CCCN(C(=O)C=Cc3cnn(C)c3)C2)nn1. The lowest BCUT2D eigenvalue weighted by Gasteiger charge is -2.32. The Labute approximate surface area is 141 Å². The molecule has 1 aliphatic heterocycles. The smallest absolute Gasteiger partial charge is 0.246 e. The average molecular weight is 329 g/mol. The summed E-state index contributed by atoms with van der Waals surface area (Å²) in [6, 6.07) is 0. The summed E-state index contributed by atoms with van der Waals surface area (Å²) in [6.45, 7) is 2.35. The lowest BCUT2D eigenvalue weighted by molar-refractivity contribution is -0.127. The fourth-order valence-corrected chi connectivity index (χ4v) is 2.98. The Hall–Kier alpha value is -2.64. The topological polar surface area (TPSA) is 80.9 Å². The van der Waals surface area contributed by atoms with Gasteiger partial charge in [-0.25, -0.2) is 4.68 Å². The second kappa shape index (κ2) is 7.29. The van der Waals surface area contributed by atoms with Crippen LogP contribution in [0.5, 0.6) is 0 Å². The van der Waals surface area contributed by atoms with Crippen LogP contribution in [0.15, 0.2) is 24.7 Å². The first-order chi connectivity index (χ1) is 11.6. The maximum atomic E-state index is 12.4. The van der Waals surface area contributed by atoms with E-state index in [2.05, 4.69) is 20.7 Å². The standard InChI is InChI=1S/C16H23N7O/c1-17-15-12-23(20-19-15)11-14-4-3-7-22(10-14)16(24)6-5-13-8-18-21(2)9-13/h5-6,8-9,12,14,17H,3-4,7,10-11H2,1-2H3. The minimum absolute atomic E-state index is 0.0538. The number of nitrogens with one attached hydrogen (secondary N) is 1. The van der Waals surface area contributed by atoms with Crippen molar-refractivity contribution in [3.63, 3.8) is 0 Å². The first-order valence-corrected chi connectivity index (χ1v) is 8.17. The molecule has 1 aliphatic rings. The quantitative estimate of drug-likeness (QED) is 0.828. The lowest BCUT2D eigenvalue weighted by Crippen LogP contribution is -2.40. The highest BCUT2D eigenvalue weighted by Crippen LogP contribution is 2.19. The molecule has 3 heterocycles. The molecule has 0 aromatic carbocycles. The second-order valence-corrected chi connectivity index (χ2v) is 6.15. The van der Waals surface area contributed by atoms with Crippen molar-refractivity contribution in [1.82, 2.24) is 29.7 Å². The Morgan fingerprint density at radius 1 is 1.46 bits per heavy atom. The molecule has 0 spiro atoms. The summed E-state index contributed by atoms with van der Waals surface area (Å²) < 4.78 is 3.56. The van der Waals surface area contributed by atoms with Gasteiger partial charge in [-0.3, -0.25) is 9.48 Å². The van der Waals surface area contributed by atoms with Crippen molar-refractivity contribution < 1.29 is 4.79 Å². The van der Waals surface area contributed by atoms with E-state index in [1.165, 1.54) is 0 Å². The summed E-state index contributed by atoms with van der Waals surface area (Å²) in [5.41, 5.74) is 0.932. The van der Waals surface area contributed by atoms with Crippen molar-refractivity contribution >= 4 is 17.8 Å². The summed E-state index contributed by atoms with van der Waals surface area (Å²) in [5.74, 6) is 1.22. The number of nitrogens with zero attached hydrogens (tertiary/aromatic N) is 6. The van der Waals surface area contributed by atoms with E-state index in [1.807, 2.05) is 42.1 Å². The van der Waals surface area contributed by atoms with E-state index < -0.39 is 0 Å². The van der Waals surface area contributed by atoms with Gasteiger partial charge >= 0.3 is 0 Å². The molecular formula is C16H23N7O. The van der Waals surface area contributed by atoms with Gasteiger partial charge in [0, 0.05) is 51.6 Å². The van der Waals surface area contributed by atoms with E-state index in [1.54, 1.807) is 17.0 Å². The van der Waals surface area contributed by atoms with Gasteiger partial charge in [-0.1, -0.05) is 5.21 Å². The van der Waals surface area contributed by atoms with Gasteiger partial charge < -0.3 is 10.2 Å². The van der Waals surface area contributed by atoms with Crippen molar-refractivity contribution in [3.05, 3.63) is 30.2 Å². The van der Waals surface area contributed by atoms with Gasteiger partial charge in [0.25, 0.3) is 0 Å². The van der Waals surface area contributed by atoms with E-state index >= 15 is 0 Å². The minimum atomic E-state index is 0.0538. The molecular weight excluding hydrogens is 306 g/mol. The highest BCUT2D eigenvalue weighted by molar-refractivity contribution is 5.91. The minimum Gasteiger partial charge on any atom is -0.370 e. The van der Waals surface area contributed by atoms with Crippen LogP contribution in [0.2, 0.25) is 0 Å². The number of anilines is 1. The van der Waals surface area contributed by atoms with Crippen LogP contribution in [0.4, 0.5) is 5.82 Å². The van der Waals surface area contributed by atoms with Crippen molar-refractivity contribution in [2.45, 2.75) is 19.4 Å². The number of carbonyl (C=O) groups excluding carboxylic acids is 1. The van der Waals surface area contributed by atoms with Crippen LogP contribution in [0.1, 0.15) is 18.4 Å². The summed E-state index contributed by atoms with van der Waals surface area (Å²) >= 11 is 0. The van der Waals surface area contributed by atoms with E-state index in [-0.39, 0.29) is 5.91 Å². The average Bonchev–Trinajstić information content (AvgIpc) is 3.21. The zero-order valence-electron chi connectivity index (χ0n) is 14.1. The molecule has 1 atom stereocenters. The predicted molar refractivity (Wildman–Crippen MR) is 91.1 cm³/mol. The Morgan fingerprint density at radius 3 is 3.04 bits per heavy atom. The lowest BCUT2D eigenvalue weighted by atomic mass is 9.98. The van der Waals surface area contributed by atoms with E-state index in [0.717, 1.165) is 43.9 Å². The van der Waals surface area contributed by atoms with Crippen LogP contribution in [-0.4, -0.2) is 55.7 Å². The van der Waals surface area contributed by atoms with Crippen LogP contribution in [0, 0.1) is 5.92 Å². The molecule has 1 fully saturated rings. The van der Waals surface area contributed by atoms with Gasteiger partial charge in [0.2, 0.25) is 5.91 Å². The first-order valence-electron chi connectivity index (χ1n) is 8.17. The molecule has 8 heteroatoms. The van der Waals surface area contributed by atoms with Crippen molar-refractivity contribution in [2.75, 3.05) is 25.5 Å². The largest absolute Gasteiger partial charge is 0.370 e. The van der Waals surface area contributed by atoms with Gasteiger partial charge in [0.1, 0.15) is 0 Å². The van der Waals surface area contributed by atoms with Crippen LogP contribution in [0.25, 0.3) is 6.08 Å². The van der Waals surface area contributed by atoms with E-state index in [9.17, 15) is 4.79 Å². The zero-order chi connectivity index (χ0) is 16.9. The third kappa shape index (κ3) is 4.01. The Morgan fingerprint density at radius 2 is 2.33 bits per heavy atom. The number of hydrogen-bond acceptors (Lipinski definition) is 5. The molecule has 0 radical (unpaired) electrons. The second-order valence-electron chi connectivity index (χ2n) is 6.15. The van der Waals surface area contributed by atoms with Gasteiger partial charge in [0.05, 0.1) is 12.4 Å². The molecule has 0 bridgehead atoms. The number of likely N-dealkylation sites (tertiary alicyclic amines) is 1. The number of rotatable bonds is 5. The Kier molecular flexibility index (Phi) is 4.93. The third-order valence-corrected chi connectivity index (χ3v) is 4.21. The summed E-state index contributed by atoms with van der Waals surface area (Å²) in [7, 11) is 3.68. The first kappa shape index (κ1) is 16.2. The Bertz CT molecular complexity index is 718. The normalized spacial score (nSPS) is 18.2. The molecule has 8 nitrogen and oxygen atoms in total. The number of carbonyl (C=O) groups is 1. The summed E-state index contributed by atoms with van der Waals surface area (Å²) in [6.07, 6.45) is 11.1. The van der Waals surface area contributed by atoms with Crippen molar-refractivity contribution in [3.8, 4) is 0 Å². The molecule has 2 aromatic heterocycles. The van der Waals surface area contributed by atoms with Crippen LogP contribution >= 0.6 is 0 Å². The Balaban J connectivity index is 1.56. The monoisotopic (exact) mass is 329 g/mol. The van der Waals surface area contributed by atoms with Crippen molar-refractivity contribution in [1.29, 1.82) is 0 Å². The summed E-state index contributed by atoms with van der Waals surface area (Å²) in [4.78, 5) is 14.3.